The van der Waals surface area contributed by atoms with Crippen LogP contribution < -0.4 is 9.62 Å². The summed E-state index contributed by atoms with van der Waals surface area (Å²) in [6, 6.07) is 14.7. The average molecular weight is 470 g/mol. The van der Waals surface area contributed by atoms with Crippen molar-refractivity contribution in [3.8, 4) is 0 Å². The monoisotopic (exact) mass is 469 g/mol. The molecule has 2 aliphatic rings. The summed E-state index contributed by atoms with van der Waals surface area (Å²) in [6.07, 6.45) is 6.34. The van der Waals surface area contributed by atoms with E-state index in [1.807, 2.05) is 30.3 Å². The first-order chi connectivity index (χ1) is 15.8. The zero-order valence-corrected chi connectivity index (χ0v) is 19.9. The number of carbonyl (C=O) groups excluding carboxylic acids is 2. The minimum absolute atomic E-state index is 0.0711. The minimum Gasteiger partial charge on any atom is -0.351 e. The molecule has 1 fully saturated rings. The zero-order valence-electron chi connectivity index (χ0n) is 19.1. The smallest absolute Gasteiger partial charge is 0.257 e. The van der Waals surface area contributed by atoms with Crippen LogP contribution >= 0.6 is 0 Å². The highest BCUT2D eigenvalue weighted by atomic mass is 32.2. The molecule has 176 valence electrons. The average Bonchev–Trinajstić information content (AvgIpc) is 2.91. The van der Waals surface area contributed by atoms with E-state index >= 15 is 0 Å². The number of benzene rings is 2. The molecule has 1 saturated carbocycles. The molecule has 4 rings (SSSR count). The van der Waals surface area contributed by atoms with Gasteiger partial charge in [0.2, 0.25) is 15.9 Å². The summed E-state index contributed by atoms with van der Waals surface area (Å²) >= 11 is 0. The first kappa shape index (κ1) is 23.3. The van der Waals surface area contributed by atoms with Gasteiger partial charge in [-0.05, 0) is 37.5 Å². The van der Waals surface area contributed by atoms with Crippen LogP contribution in [0, 0.1) is 0 Å². The number of anilines is 1. The fraction of sp³-hybridized carbons (Fsp3) is 0.440. The van der Waals surface area contributed by atoms with Crippen LogP contribution in [0.5, 0.6) is 0 Å². The number of carbonyl (C=O) groups is 2. The summed E-state index contributed by atoms with van der Waals surface area (Å²) in [6.45, 7) is 1.87. The third-order valence-corrected chi connectivity index (χ3v) is 7.68. The van der Waals surface area contributed by atoms with Crippen molar-refractivity contribution in [2.24, 2.45) is 0 Å². The lowest BCUT2D eigenvalue weighted by atomic mass is 9.94. The van der Waals surface area contributed by atoms with E-state index in [1.54, 1.807) is 36.1 Å². The highest BCUT2D eigenvalue weighted by Gasteiger charge is 2.41. The van der Waals surface area contributed by atoms with Gasteiger partial charge in [0.1, 0.15) is 6.04 Å². The zero-order chi connectivity index (χ0) is 23.6. The molecule has 2 aromatic carbocycles. The lowest BCUT2D eigenvalue weighted by molar-refractivity contribution is -0.127. The first-order valence-electron chi connectivity index (χ1n) is 11.5. The lowest BCUT2D eigenvalue weighted by Gasteiger charge is -2.36. The number of amides is 2. The van der Waals surface area contributed by atoms with E-state index in [9.17, 15) is 18.0 Å². The largest absolute Gasteiger partial charge is 0.351 e. The molecule has 7 nitrogen and oxygen atoms in total. The molecule has 1 aliphatic heterocycles. The highest BCUT2D eigenvalue weighted by Crippen LogP contribution is 2.34. The molecule has 8 heteroatoms. The lowest BCUT2D eigenvalue weighted by Crippen LogP contribution is -2.51. The van der Waals surface area contributed by atoms with E-state index in [0.29, 0.717) is 11.3 Å². The van der Waals surface area contributed by atoms with Crippen LogP contribution in [0.2, 0.25) is 0 Å². The van der Waals surface area contributed by atoms with Gasteiger partial charge < -0.3 is 10.2 Å². The maximum Gasteiger partial charge on any atom is 0.257 e. The topological polar surface area (TPSA) is 86.8 Å². The van der Waals surface area contributed by atoms with E-state index < -0.39 is 22.1 Å². The van der Waals surface area contributed by atoms with Crippen molar-refractivity contribution in [3.63, 3.8) is 0 Å². The Balaban J connectivity index is 1.77. The minimum atomic E-state index is -3.62. The number of para-hydroxylation sites is 1. The molecule has 33 heavy (non-hydrogen) atoms. The highest BCUT2D eigenvalue weighted by molar-refractivity contribution is 7.92. The van der Waals surface area contributed by atoms with Gasteiger partial charge in [-0.3, -0.25) is 13.9 Å². The maximum atomic E-state index is 13.9. The Hall–Kier alpha value is -2.87. The number of hydrogen-bond donors (Lipinski definition) is 1. The summed E-state index contributed by atoms with van der Waals surface area (Å²) in [5.74, 6) is -0.574. The molecule has 2 atom stereocenters. The van der Waals surface area contributed by atoms with Gasteiger partial charge in [0.25, 0.3) is 5.91 Å². The molecule has 0 bridgehead atoms. The molecule has 0 spiro atoms. The standard InChI is InChI=1S/C25H31N3O4S/c1-18-17-27(33(2,31)32)22-16-10-9-15-21(22)25(30)28(18)23(19-11-5-3-6-12-19)24(29)26-20-13-7-4-8-14-20/h3,5-6,9-12,15-16,18,20,23H,4,7-8,13-14,17H2,1-2H3,(H,26,29)/t18-,23+/m0/s1. The molecule has 1 heterocycles. The predicted molar refractivity (Wildman–Crippen MR) is 128 cm³/mol. The predicted octanol–water partition coefficient (Wildman–Crippen LogP) is 3.49. The summed E-state index contributed by atoms with van der Waals surface area (Å²) in [5.41, 5.74) is 1.33. The van der Waals surface area contributed by atoms with Crippen LogP contribution in [-0.2, 0) is 14.8 Å². The molecule has 0 radical (unpaired) electrons. The second-order valence-electron chi connectivity index (χ2n) is 9.03. The van der Waals surface area contributed by atoms with E-state index in [4.69, 9.17) is 0 Å². The van der Waals surface area contributed by atoms with Crippen molar-refractivity contribution in [3.05, 3.63) is 65.7 Å². The summed E-state index contributed by atoms with van der Waals surface area (Å²) in [5, 5.41) is 3.18. The normalized spacial score (nSPS) is 20.7. The van der Waals surface area contributed by atoms with E-state index in [-0.39, 0.29) is 30.0 Å². The first-order valence-corrected chi connectivity index (χ1v) is 13.4. The van der Waals surface area contributed by atoms with E-state index in [0.717, 1.165) is 31.9 Å². The molecule has 1 aliphatic carbocycles. The van der Waals surface area contributed by atoms with Gasteiger partial charge in [-0.25, -0.2) is 8.42 Å². The number of nitrogens with zero attached hydrogens (tertiary/aromatic N) is 2. The fourth-order valence-corrected chi connectivity index (χ4v) is 5.93. The molecular weight excluding hydrogens is 438 g/mol. The molecule has 0 unspecified atom stereocenters. The summed E-state index contributed by atoms with van der Waals surface area (Å²) < 4.78 is 26.5. The van der Waals surface area contributed by atoms with Gasteiger partial charge in [0.05, 0.1) is 24.1 Å². The molecule has 0 aromatic heterocycles. The third kappa shape index (κ3) is 4.90. The van der Waals surface area contributed by atoms with Crippen molar-refractivity contribution in [2.45, 2.75) is 57.2 Å². The number of nitrogens with one attached hydrogen (secondary N) is 1. The Kier molecular flexibility index (Phi) is 6.74. The van der Waals surface area contributed by atoms with Gasteiger partial charge in [-0.1, -0.05) is 61.7 Å². The van der Waals surface area contributed by atoms with Crippen molar-refractivity contribution in [1.29, 1.82) is 0 Å². The second kappa shape index (κ2) is 9.55. The Morgan fingerprint density at radius 3 is 2.30 bits per heavy atom. The van der Waals surface area contributed by atoms with Crippen molar-refractivity contribution in [2.75, 3.05) is 17.1 Å². The summed E-state index contributed by atoms with van der Waals surface area (Å²) in [4.78, 5) is 29.1. The van der Waals surface area contributed by atoms with E-state index in [2.05, 4.69) is 5.32 Å². The number of rotatable bonds is 5. The molecular formula is C25H31N3O4S. The van der Waals surface area contributed by atoms with Crippen LogP contribution in [0.1, 0.15) is 61.0 Å². The van der Waals surface area contributed by atoms with Crippen LogP contribution in [0.25, 0.3) is 0 Å². The van der Waals surface area contributed by atoms with Crippen molar-refractivity contribution < 1.29 is 18.0 Å². The molecule has 2 aromatic rings. The molecule has 1 N–H and O–H groups in total. The SMILES string of the molecule is C[C@H]1CN(S(C)(=O)=O)c2ccccc2C(=O)N1[C@@H](C(=O)NC1CCCCC1)c1ccccc1. The van der Waals surface area contributed by atoms with Crippen LogP contribution in [0.15, 0.2) is 54.6 Å². The second-order valence-corrected chi connectivity index (χ2v) is 10.9. The maximum absolute atomic E-state index is 13.9. The van der Waals surface area contributed by atoms with Gasteiger partial charge in [-0.2, -0.15) is 0 Å². The fourth-order valence-electron chi connectivity index (χ4n) is 4.92. The number of hydrogen-bond acceptors (Lipinski definition) is 4. The Morgan fingerprint density at radius 2 is 1.64 bits per heavy atom. The van der Waals surface area contributed by atoms with Crippen LogP contribution in [0.4, 0.5) is 5.69 Å². The third-order valence-electron chi connectivity index (χ3n) is 6.54. The van der Waals surface area contributed by atoms with Gasteiger partial charge in [-0.15, -0.1) is 0 Å². The van der Waals surface area contributed by atoms with E-state index in [1.165, 1.54) is 10.7 Å². The molecule has 0 saturated heterocycles. The Bertz CT molecular complexity index is 1110. The van der Waals surface area contributed by atoms with Crippen molar-refractivity contribution >= 4 is 27.5 Å². The number of sulfonamides is 1. The summed E-state index contributed by atoms with van der Waals surface area (Å²) in [7, 11) is -3.62. The van der Waals surface area contributed by atoms with Gasteiger partial charge in [0.15, 0.2) is 0 Å². The van der Waals surface area contributed by atoms with Crippen LogP contribution in [0.3, 0.4) is 0 Å². The Labute approximate surface area is 195 Å². The number of fused-ring (bicyclic) bond motifs is 1. The van der Waals surface area contributed by atoms with Crippen molar-refractivity contribution in [1.82, 2.24) is 10.2 Å². The Morgan fingerprint density at radius 1 is 1.00 bits per heavy atom. The molecule has 2 amide bonds. The van der Waals surface area contributed by atoms with Crippen LogP contribution in [-0.4, -0.2) is 50.0 Å². The van der Waals surface area contributed by atoms with Gasteiger partial charge in [0, 0.05) is 12.1 Å². The quantitative estimate of drug-likeness (QED) is 0.726. The van der Waals surface area contributed by atoms with Gasteiger partial charge >= 0.3 is 0 Å².